The molecule has 0 amide bonds. The zero-order valence-electron chi connectivity index (χ0n) is 28.5. The molecule has 10 heteroatoms. The lowest BCUT2D eigenvalue weighted by Gasteiger charge is -2.40. The first kappa shape index (κ1) is 34.1. The van der Waals surface area contributed by atoms with Gasteiger partial charge in [-0.05, 0) is 68.8 Å². The summed E-state index contributed by atoms with van der Waals surface area (Å²) < 4.78 is 40.4. The van der Waals surface area contributed by atoms with Gasteiger partial charge in [0.05, 0.1) is 17.4 Å². The van der Waals surface area contributed by atoms with E-state index in [4.69, 9.17) is 28.4 Å². The van der Waals surface area contributed by atoms with Crippen LogP contribution in [0.2, 0.25) is 18.1 Å². The van der Waals surface area contributed by atoms with Gasteiger partial charge in [0, 0.05) is 31.9 Å². The maximum Gasteiger partial charge on any atom is 0.192 e. The number of hydrogen-bond acceptors (Lipinski definition) is 8. The summed E-state index contributed by atoms with van der Waals surface area (Å²) in [5.41, 5.74) is 2.12. The molecule has 0 radical (unpaired) electrons. The van der Waals surface area contributed by atoms with E-state index in [1.54, 1.807) is 13.8 Å². The number of nitrogens with zero attached hydrogens (tertiary/aromatic N) is 4. The Morgan fingerprint density at radius 2 is 1.75 bits per heavy atom. The first-order valence-corrected chi connectivity index (χ1v) is 18.6. The third kappa shape index (κ3) is 8.06. The van der Waals surface area contributed by atoms with Crippen LogP contribution in [0, 0.1) is 25.1 Å². The second kappa shape index (κ2) is 13.3. The number of aryl methyl sites for hydroxylation is 2. The second-order valence-electron chi connectivity index (χ2n) is 14.8. The van der Waals surface area contributed by atoms with E-state index >= 15 is 4.39 Å². The number of aromatic nitrogens is 3. The molecule has 1 aromatic carbocycles. The summed E-state index contributed by atoms with van der Waals surface area (Å²) in [6, 6.07) is 7.80. The lowest BCUT2D eigenvalue weighted by Crippen LogP contribution is -2.46. The maximum absolute atomic E-state index is 16.2. The van der Waals surface area contributed by atoms with Crippen LogP contribution in [0.15, 0.2) is 28.8 Å². The number of rotatable bonds is 10. The molecule has 1 aliphatic heterocycles. The van der Waals surface area contributed by atoms with Crippen LogP contribution in [0.1, 0.15) is 72.3 Å². The lowest BCUT2D eigenvalue weighted by molar-refractivity contribution is 0.0789. The average molecular weight is 627 g/mol. The molecular formula is C34H51FN4O4Si. The van der Waals surface area contributed by atoms with Gasteiger partial charge in [-0.1, -0.05) is 58.8 Å². The van der Waals surface area contributed by atoms with E-state index in [-0.39, 0.29) is 34.1 Å². The Bertz CT molecular complexity index is 1400. The summed E-state index contributed by atoms with van der Waals surface area (Å²) in [7, 11) is -0.121. The molecule has 4 rings (SSSR count). The van der Waals surface area contributed by atoms with Crippen LogP contribution in [0.4, 0.5) is 10.2 Å². The Hall–Kier alpha value is -2.82. The summed E-state index contributed by atoms with van der Waals surface area (Å²) in [4.78, 5) is 11.4. The molecule has 1 atom stereocenters. The lowest BCUT2D eigenvalue weighted by atomic mass is 9.89. The molecule has 0 spiro atoms. The second-order valence-corrected chi connectivity index (χ2v) is 19.5. The van der Waals surface area contributed by atoms with Crippen molar-refractivity contribution in [1.29, 1.82) is 0 Å². The van der Waals surface area contributed by atoms with Gasteiger partial charge < -0.3 is 23.3 Å². The Kier molecular flexibility index (Phi) is 10.3. The van der Waals surface area contributed by atoms with E-state index in [1.165, 1.54) is 0 Å². The third-order valence-electron chi connectivity index (χ3n) is 8.81. The highest BCUT2D eigenvalue weighted by atomic mass is 28.4. The molecular weight excluding hydrogens is 575 g/mol. The molecule has 1 unspecified atom stereocenters. The summed E-state index contributed by atoms with van der Waals surface area (Å²) in [5, 5.41) is 4.15. The summed E-state index contributed by atoms with van der Waals surface area (Å²) in [6.45, 7) is 23.3. The van der Waals surface area contributed by atoms with E-state index in [2.05, 4.69) is 59.8 Å². The summed E-state index contributed by atoms with van der Waals surface area (Å²) in [6.07, 6.45) is 2.42. The largest absolute Gasteiger partial charge is 0.491 e. The highest BCUT2D eigenvalue weighted by Crippen LogP contribution is 2.39. The maximum atomic E-state index is 16.2. The third-order valence-corrected chi connectivity index (χ3v) is 13.3. The van der Waals surface area contributed by atoms with Crippen molar-refractivity contribution in [1.82, 2.24) is 15.1 Å². The fourth-order valence-electron chi connectivity index (χ4n) is 5.36. The first-order valence-electron chi connectivity index (χ1n) is 15.7. The molecule has 1 fully saturated rings. The number of hydrogen-bond donors (Lipinski definition) is 0. The van der Waals surface area contributed by atoms with Gasteiger partial charge in [-0.2, -0.15) is 0 Å². The minimum absolute atomic E-state index is 0.0486. The molecule has 1 saturated heterocycles. The molecule has 44 heavy (non-hydrogen) atoms. The van der Waals surface area contributed by atoms with Gasteiger partial charge in [0.25, 0.3) is 0 Å². The van der Waals surface area contributed by atoms with Crippen molar-refractivity contribution < 1.29 is 22.8 Å². The zero-order valence-corrected chi connectivity index (χ0v) is 29.5. The minimum atomic E-state index is -2.01. The van der Waals surface area contributed by atoms with Crippen LogP contribution in [0.5, 0.6) is 5.75 Å². The van der Waals surface area contributed by atoms with E-state index in [1.807, 2.05) is 36.2 Å². The minimum Gasteiger partial charge on any atom is -0.491 e. The molecule has 8 nitrogen and oxygen atoms in total. The van der Waals surface area contributed by atoms with E-state index in [0.717, 1.165) is 24.8 Å². The average Bonchev–Trinajstić information content (AvgIpc) is 3.28. The summed E-state index contributed by atoms with van der Waals surface area (Å²) >= 11 is 0. The highest BCUT2D eigenvalue weighted by molar-refractivity contribution is 6.74. The van der Waals surface area contributed by atoms with Gasteiger partial charge in [-0.25, -0.2) is 14.4 Å². The monoisotopic (exact) mass is 626 g/mol. The van der Waals surface area contributed by atoms with E-state index in [0.29, 0.717) is 48.4 Å². The number of halogens is 1. The van der Waals surface area contributed by atoms with Gasteiger partial charge in [0.15, 0.2) is 25.8 Å². The van der Waals surface area contributed by atoms with E-state index in [9.17, 15) is 0 Å². The standard InChI is InChI=1S/C34H51FN4O4Si/c1-22-28(23(2)42-38-22)30-29(35)32(39(9)25-15-17-40-18-16-25)37-31(36-30)24-13-12-14-26(19-24)41-21-27(20-33(3,4)5)43-44(10,11)34(6,7)8/h12-14,19,25,27H,15-18,20-21H2,1-11H3. The predicted molar refractivity (Wildman–Crippen MR) is 176 cm³/mol. The predicted octanol–water partition coefficient (Wildman–Crippen LogP) is 8.38. The topological polar surface area (TPSA) is 82.7 Å². The normalized spacial score (nSPS) is 15.8. The van der Waals surface area contributed by atoms with Crippen molar-refractivity contribution in [3.8, 4) is 28.4 Å². The van der Waals surface area contributed by atoms with Gasteiger partial charge in [-0.3, -0.25) is 0 Å². The van der Waals surface area contributed by atoms with Gasteiger partial charge in [0.2, 0.25) is 0 Å². The highest BCUT2D eigenvalue weighted by Gasteiger charge is 2.40. The first-order chi connectivity index (χ1) is 20.5. The van der Waals surface area contributed by atoms with Crippen LogP contribution in [0.3, 0.4) is 0 Å². The van der Waals surface area contributed by atoms with Crippen LogP contribution in [-0.2, 0) is 9.16 Å². The Balaban J connectivity index is 1.68. The molecule has 0 aliphatic carbocycles. The van der Waals surface area contributed by atoms with Crippen molar-refractivity contribution >= 4 is 14.1 Å². The van der Waals surface area contributed by atoms with Crippen molar-refractivity contribution in [3.63, 3.8) is 0 Å². The van der Waals surface area contributed by atoms with Crippen LogP contribution < -0.4 is 9.64 Å². The number of anilines is 1. The molecule has 2 aromatic heterocycles. The quantitative estimate of drug-likeness (QED) is 0.208. The van der Waals surface area contributed by atoms with Crippen LogP contribution in [-0.4, -0.2) is 62.5 Å². The van der Waals surface area contributed by atoms with Gasteiger partial charge >= 0.3 is 0 Å². The van der Waals surface area contributed by atoms with Crippen molar-refractivity contribution in [2.45, 2.75) is 105 Å². The van der Waals surface area contributed by atoms with Crippen molar-refractivity contribution in [2.24, 2.45) is 5.41 Å². The van der Waals surface area contributed by atoms with Gasteiger partial charge in [0.1, 0.15) is 23.8 Å². The number of benzene rings is 1. The molecule has 242 valence electrons. The molecule has 0 N–H and O–H groups in total. The summed E-state index contributed by atoms with van der Waals surface area (Å²) in [5.74, 6) is 1.36. The fourth-order valence-corrected chi connectivity index (χ4v) is 6.69. The molecule has 0 bridgehead atoms. The van der Waals surface area contributed by atoms with Crippen LogP contribution in [0.25, 0.3) is 22.6 Å². The molecule has 1 aliphatic rings. The SMILES string of the molecule is Cc1noc(C)c1-c1nc(-c2cccc(OCC(CC(C)(C)C)O[Si](C)(C)C(C)(C)C)c2)nc(N(C)C2CCOCC2)c1F. The Morgan fingerprint density at radius 3 is 2.34 bits per heavy atom. The fraction of sp³-hybridized carbons (Fsp3) is 0.618. The van der Waals surface area contributed by atoms with E-state index < -0.39 is 14.1 Å². The van der Waals surface area contributed by atoms with Crippen molar-refractivity contribution in [3.05, 3.63) is 41.5 Å². The zero-order chi connectivity index (χ0) is 32.4. The van der Waals surface area contributed by atoms with Crippen molar-refractivity contribution in [2.75, 3.05) is 31.8 Å². The molecule has 3 heterocycles. The molecule has 0 saturated carbocycles. The van der Waals surface area contributed by atoms with Crippen LogP contribution >= 0.6 is 0 Å². The number of ether oxygens (including phenoxy) is 2. The Labute approximate surface area is 263 Å². The Morgan fingerprint density at radius 1 is 1.07 bits per heavy atom. The smallest absolute Gasteiger partial charge is 0.192 e. The van der Waals surface area contributed by atoms with Gasteiger partial charge in [-0.15, -0.1) is 0 Å². The molecule has 3 aromatic rings.